The Bertz CT molecular complexity index is 1000. The standard InChI is InChI=1S/C20H19N5O/c1-15-7-8-18-17(13-15)19(24-20(23-18)25-11-9-21-14-25)22-10-12-26-16-5-3-2-4-6-16/h2-9,11,13-14H,10,12H2,1H3,(H,22,23,24). The van der Waals surface area contributed by atoms with Crippen LogP contribution in [0.5, 0.6) is 5.75 Å². The van der Waals surface area contributed by atoms with Gasteiger partial charge in [0, 0.05) is 17.8 Å². The van der Waals surface area contributed by atoms with Crippen LogP contribution in [0.2, 0.25) is 0 Å². The van der Waals surface area contributed by atoms with E-state index in [9.17, 15) is 0 Å². The van der Waals surface area contributed by atoms with E-state index in [2.05, 4.69) is 39.3 Å². The van der Waals surface area contributed by atoms with Crippen LogP contribution in [0.3, 0.4) is 0 Å². The summed E-state index contributed by atoms with van der Waals surface area (Å²) in [7, 11) is 0. The molecule has 2 aromatic carbocycles. The number of ether oxygens (including phenoxy) is 1. The molecule has 2 heterocycles. The fraction of sp³-hybridized carbons (Fsp3) is 0.150. The second kappa shape index (κ2) is 7.23. The highest BCUT2D eigenvalue weighted by molar-refractivity contribution is 5.90. The molecule has 0 bridgehead atoms. The zero-order valence-electron chi connectivity index (χ0n) is 14.5. The van der Waals surface area contributed by atoms with Crippen molar-refractivity contribution in [2.45, 2.75) is 6.92 Å². The number of benzene rings is 2. The molecule has 130 valence electrons. The molecule has 0 aliphatic heterocycles. The number of rotatable bonds is 6. The normalized spacial score (nSPS) is 10.8. The SMILES string of the molecule is Cc1ccc2nc(-n3ccnc3)nc(NCCOc3ccccc3)c2c1. The van der Waals surface area contributed by atoms with Crippen LogP contribution in [0, 0.1) is 6.92 Å². The zero-order valence-corrected chi connectivity index (χ0v) is 14.5. The van der Waals surface area contributed by atoms with E-state index < -0.39 is 0 Å². The fourth-order valence-electron chi connectivity index (χ4n) is 2.71. The van der Waals surface area contributed by atoms with Gasteiger partial charge in [-0.1, -0.05) is 29.8 Å². The Morgan fingerprint density at radius 3 is 2.77 bits per heavy atom. The third-order valence-corrected chi connectivity index (χ3v) is 3.98. The number of anilines is 1. The second-order valence-corrected chi connectivity index (χ2v) is 5.95. The van der Waals surface area contributed by atoms with Crippen LogP contribution in [0.15, 0.2) is 67.3 Å². The lowest BCUT2D eigenvalue weighted by molar-refractivity contribution is 0.333. The molecule has 6 nitrogen and oxygen atoms in total. The van der Waals surface area contributed by atoms with E-state index in [-0.39, 0.29) is 0 Å². The summed E-state index contributed by atoms with van der Waals surface area (Å²) in [5.41, 5.74) is 2.06. The number of nitrogens with zero attached hydrogens (tertiary/aromatic N) is 4. The molecule has 0 fully saturated rings. The van der Waals surface area contributed by atoms with E-state index >= 15 is 0 Å². The van der Waals surface area contributed by atoms with E-state index in [4.69, 9.17) is 4.74 Å². The van der Waals surface area contributed by atoms with Crippen LogP contribution >= 0.6 is 0 Å². The highest BCUT2D eigenvalue weighted by Crippen LogP contribution is 2.23. The lowest BCUT2D eigenvalue weighted by Crippen LogP contribution is -2.14. The number of nitrogens with one attached hydrogen (secondary N) is 1. The number of para-hydroxylation sites is 1. The molecule has 0 aliphatic carbocycles. The lowest BCUT2D eigenvalue weighted by Gasteiger charge is -2.12. The molecular weight excluding hydrogens is 326 g/mol. The van der Waals surface area contributed by atoms with Gasteiger partial charge in [-0.3, -0.25) is 4.57 Å². The summed E-state index contributed by atoms with van der Waals surface area (Å²) in [6.07, 6.45) is 5.23. The highest BCUT2D eigenvalue weighted by atomic mass is 16.5. The average Bonchev–Trinajstić information content (AvgIpc) is 3.21. The monoisotopic (exact) mass is 345 g/mol. The molecule has 0 saturated carbocycles. The van der Waals surface area contributed by atoms with Crippen molar-refractivity contribution in [2.24, 2.45) is 0 Å². The molecular formula is C20H19N5O. The minimum atomic E-state index is 0.543. The summed E-state index contributed by atoms with van der Waals surface area (Å²) in [5, 5.41) is 4.37. The maximum atomic E-state index is 5.74. The van der Waals surface area contributed by atoms with Crippen molar-refractivity contribution < 1.29 is 4.74 Å². The van der Waals surface area contributed by atoms with Crippen molar-refractivity contribution in [1.82, 2.24) is 19.5 Å². The third kappa shape index (κ3) is 3.49. The molecule has 4 rings (SSSR count). The molecule has 4 aromatic rings. The van der Waals surface area contributed by atoms with Crippen LogP contribution in [-0.2, 0) is 0 Å². The van der Waals surface area contributed by atoms with Gasteiger partial charge < -0.3 is 10.1 Å². The maximum Gasteiger partial charge on any atom is 0.237 e. The van der Waals surface area contributed by atoms with Gasteiger partial charge in [-0.25, -0.2) is 9.97 Å². The Morgan fingerprint density at radius 1 is 1.08 bits per heavy atom. The molecule has 1 N–H and O–H groups in total. The molecule has 0 unspecified atom stereocenters. The van der Waals surface area contributed by atoms with Crippen molar-refractivity contribution in [3.05, 3.63) is 72.8 Å². The number of imidazole rings is 1. The first-order chi connectivity index (χ1) is 12.8. The summed E-state index contributed by atoms with van der Waals surface area (Å²) >= 11 is 0. The van der Waals surface area contributed by atoms with Gasteiger partial charge in [-0.2, -0.15) is 4.98 Å². The minimum absolute atomic E-state index is 0.543. The number of aromatic nitrogens is 4. The van der Waals surface area contributed by atoms with Crippen LogP contribution < -0.4 is 10.1 Å². The van der Waals surface area contributed by atoms with E-state index in [1.807, 2.05) is 42.6 Å². The van der Waals surface area contributed by atoms with E-state index in [0.29, 0.717) is 19.1 Å². The largest absolute Gasteiger partial charge is 0.492 e. The zero-order chi connectivity index (χ0) is 17.8. The molecule has 26 heavy (non-hydrogen) atoms. The van der Waals surface area contributed by atoms with Crippen molar-refractivity contribution in [3.8, 4) is 11.7 Å². The predicted molar refractivity (Wildman–Crippen MR) is 102 cm³/mol. The van der Waals surface area contributed by atoms with Crippen molar-refractivity contribution >= 4 is 16.7 Å². The summed E-state index contributed by atoms with van der Waals surface area (Å²) < 4.78 is 7.54. The molecule has 0 radical (unpaired) electrons. The summed E-state index contributed by atoms with van der Waals surface area (Å²) in [5.74, 6) is 2.24. The van der Waals surface area contributed by atoms with Crippen molar-refractivity contribution in [3.63, 3.8) is 0 Å². The first kappa shape index (κ1) is 16.1. The Hall–Kier alpha value is -3.41. The fourth-order valence-corrected chi connectivity index (χ4v) is 2.71. The van der Waals surface area contributed by atoms with Crippen molar-refractivity contribution in [2.75, 3.05) is 18.5 Å². The smallest absolute Gasteiger partial charge is 0.237 e. The van der Waals surface area contributed by atoms with Gasteiger partial charge in [0.25, 0.3) is 0 Å². The van der Waals surface area contributed by atoms with Gasteiger partial charge in [-0.15, -0.1) is 0 Å². The molecule has 0 amide bonds. The minimum Gasteiger partial charge on any atom is -0.492 e. The molecule has 0 spiro atoms. The summed E-state index contributed by atoms with van der Waals surface area (Å²) in [6, 6.07) is 15.9. The number of hydrogen-bond acceptors (Lipinski definition) is 5. The average molecular weight is 345 g/mol. The van der Waals surface area contributed by atoms with Crippen LogP contribution in [0.25, 0.3) is 16.9 Å². The quantitative estimate of drug-likeness (QED) is 0.541. The molecule has 0 aliphatic rings. The van der Waals surface area contributed by atoms with E-state index in [1.54, 1.807) is 17.1 Å². The Morgan fingerprint density at radius 2 is 1.96 bits per heavy atom. The van der Waals surface area contributed by atoms with Gasteiger partial charge in [0.2, 0.25) is 5.95 Å². The second-order valence-electron chi connectivity index (χ2n) is 5.95. The van der Waals surface area contributed by atoms with Gasteiger partial charge in [0.15, 0.2) is 0 Å². The summed E-state index contributed by atoms with van der Waals surface area (Å²) in [6.45, 7) is 3.24. The van der Waals surface area contributed by atoms with Gasteiger partial charge >= 0.3 is 0 Å². The highest BCUT2D eigenvalue weighted by Gasteiger charge is 2.09. The first-order valence-electron chi connectivity index (χ1n) is 8.48. The lowest BCUT2D eigenvalue weighted by atomic mass is 10.1. The first-order valence-corrected chi connectivity index (χ1v) is 8.48. The predicted octanol–water partition coefficient (Wildman–Crippen LogP) is 3.61. The van der Waals surface area contributed by atoms with Crippen molar-refractivity contribution in [1.29, 1.82) is 0 Å². The van der Waals surface area contributed by atoms with Gasteiger partial charge in [-0.05, 0) is 31.2 Å². The van der Waals surface area contributed by atoms with Gasteiger partial charge in [0.05, 0.1) is 12.1 Å². The van der Waals surface area contributed by atoms with E-state index in [1.165, 1.54) is 5.56 Å². The number of aryl methyl sites for hydroxylation is 1. The van der Waals surface area contributed by atoms with Crippen LogP contribution in [0.1, 0.15) is 5.56 Å². The Balaban J connectivity index is 1.57. The number of hydrogen-bond donors (Lipinski definition) is 1. The van der Waals surface area contributed by atoms with Crippen LogP contribution in [0.4, 0.5) is 5.82 Å². The van der Waals surface area contributed by atoms with Gasteiger partial charge in [0.1, 0.15) is 24.5 Å². The summed E-state index contributed by atoms with van der Waals surface area (Å²) in [4.78, 5) is 13.4. The topological polar surface area (TPSA) is 64.9 Å². The molecule has 0 saturated heterocycles. The Kier molecular flexibility index (Phi) is 4.47. The molecule has 0 atom stereocenters. The molecule has 6 heteroatoms. The Labute approximate surface area is 151 Å². The van der Waals surface area contributed by atoms with Crippen LogP contribution in [-0.4, -0.2) is 32.7 Å². The number of fused-ring (bicyclic) bond motifs is 1. The van der Waals surface area contributed by atoms with E-state index in [0.717, 1.165) is 22.5 Å². The maximum absolute atomic E-state index is 5.74. The molecule has 2 aromatic heterocycles. The third-order valence-electron chi connectivity index (χ3n) is 3.98.